The minimum absolute atomic E-state index is 0.0819. The number of benzene rings is 2. The van der Waals surface area contributed by atoms with Gasteiger partial charge in [0, 0.05) is 18.2 Å². The van der Waals surface area contributed by atoms with Gasteiger partial charge in [0.2, 0.25) is 5.91 Å². The summed E-state index contributed by atoms with van der Waals surface area (Å²) in [5.74, 6) is -0.255. The lowest BCUT2D eigenvalue weighted by molar-refractivity contribution is -0.116. The molecule has 1 saturated carbocycles. The van der Waals surface area contributed by atoms with Crippen molar-refractivity contribution >= 4 is 29.1 Å². The van der Waals surface area contributed by atoms with E-state index in [1.165, 1.54) is 12.0 Å². The lowest BCUT2D eigenvalue weighted by Crippen LogP contribution is -2.36. The molecule has 0 atom stereocenters. The van der Waals surface area contributed by atoms with Crippen molar-refractivity contribution in [3.8, 4) is 0 Å². The molecule has 148 valence electrons. The summed E-state index contributed by atoms with van der Waals surface area (Å²) < 4.78 is 0. The molecule has 1 aliphatic rings. The Morgan fingerprint density at radius 2 is 1.75 bits per heavy atom. The first-order valence-electron chi connectivity index (χ1n) is 9.97. The first-order valence-corrected chi connectivity index (χ1v) is 10.3. The molecular weight excluding hydrogens is 372 g/mol. The Balaban J connectivity index is 1.57. The molecule has 0 bridgehead atoms. The van der Waals surface area contributed by atoms with Crippen LogP contribution < -0.4 is 10.6 Å². The van der Waals surface area contributed by atoms with Gasteiger partial charge in [-0.3, -0.25) is 9.59 Å². The average Bonchev–Trinajstić information content (AvgIpc) is 2.70. The van der Waals surface area contributed by atoms with E-state index in [1.807, 2.05) is 31.2 Å². The van der Waals surface area contributed by atoms with Gasteiger partial charge in [0.15, 0.2) is 0 Å². The van der Waals surface area contributed by atoms with Gasteiger partial charge in [-0.2, -0.15) is 0 Å². The lowest BCUT2D eigenvalue weighted by atomic mass is 9.95. The fourth-order valence-electron chi connectivity index (χ4n) is 3.52. The van der Waals surface area contributed by atoms with Crippen LogP contribution in [0.3, 0.4) is 0 Å². The Bertz CT molecular complexity index is 827. The van der Waals surface area contributed by atoms with E-state index < -0.39 is 0 Å². The number of nitrogens with one attached hydrogen (secondary N) is 2. The molecule has 0 aliphatic heterocycles. The summed E-state index contributed by atoms with van der Waals surface area (Å²) in [6.45, 7) is 2.04. The maximum Gasteiger partial charge on any atom is 0.253 e. The highest BCUT2D eigenvalue weighted by Gasteiger charge is 2.19. The highest BCUT2D eigenvalue weighted by molar-refractivity contribution is 6.34. The summed E-state index contributed by atoms with van der Waals surface area (Å²) >= 11 is 6.23. The van der Waals surface area contributed by atoms with Crippen molar-refractivity contribution in [2.45, 2.75) is 57.9 Å². The van der Waals surface area contributed by atoms with Crippen molar-refractivity contribution in [2.75, 3.05) is 5.32 Å². The van der Waals surface area contributed by atoms with E-state index in [2.05, 4.69) is 10.6 Å². The molecule has 1 aliphatic carbocycles. The van der Waals surface area contributed by atoms with Gasteiger partial charge >= 0.3 is 0 Å². The number of carbonyl (C=O) groups is 2. The predicted molar refractivity (Wildman–Crippen MR) is 114 cm³/mol. The molecule has 2 N–H and O–H groups in total. The van der Waals surface area contributed by atoms with Gasteiger partial charge in [-0.1, -0.05) is 60.7 Å². The SMILES string of the molecule is Cc1ccc(CCC(=O)Nc2ccc(Cl)c(C(=O)NC3CCCCC3)c2)cc1. The average molecular weight is 399 g/mol. The highest BCUT2D eigenvalue weighted by Crippen LogP contribution is 2.23. The van der Waals surface area contributed by atoms with E-state index in [4.69, 9.17) is 11.6 Å². The van der Waals surface area contributed by atoms with Crippen molar-refractivity contribution in [3.63, 3.8) is 0 Å². The second kappa shape index (κ2) is 9.74. The third kappa shape index (κ3) is 5.83. The Kier molecular flexibility index (Phi) is 7.10. The van der Waals surface area contributed by atoms with E-state index >= 15 is 0 Å². The largest absolute Gasteiger partial charge is 0.349 e. The van der Waals surface area contributed by atoms with Crippen LogP contribution in [0.2, 0.25) is 5.02 Å². The molecule has 1 fully saturated rings. The third-order valence-electron chi connectivity index (χ3n) is 5.20. The van der Waals surface area contributed by atoms with Crippen LogP contribution in [0.1, 0.15) is 60.0 Å². The first-order chi connectivity index (χ1) is 13.5. The van der Waals surface area contributed by atoms with E-state index in [-0.39, 0.29) is 17.9 Å². The third-order valence-corrected chi connectivity index (χ3v) is 5.53. The zero-order valence-corrected chi connectivity index (χ0v) is 17.0. The van der Waals surface area contributed by atoms with E-state index in [0.717, 1.165) is 31.2 Å². The van der Waals surface area contributed by atoms with Gasteiger partial charge in [0.1, 0.15) is 0 Å². The molecule has 0 unspecified atom stereocenters. The molecule has 3 rings (SSSR count). The van der Waals surface area contributed by atoms with Crippen molar-refractivity contribution < 1.29 is 9.59 Å². The van der Waals surface area contributed by atoms with E-state index in [0.29, 0.717) is 29.1 Å². The van der Waals surface area contributed by atoms with E-state index in [9.17, 15) is 9.59 Å². The Hall–Kier alpha value is -2.33. The van der Waals surface area contributed by atoms with Gasteiger partial charge in [-0.25, -0.2) is 0 Å². The predicted octanol–water partition coefficient (Wildman–Crippen LogP) is 5.28. The zero-order valence-electron chi connectivity index (χ0n) is 16.3. The molecule has 0 spiro atoms. The maximum absolute atomic E-state index is 12.6. The van der Waals surface area contributed by atoms with E-state index in [1.54, 1.807) is 18.2 Å². The number of hydrogen-bond acceptors (Lipinski definition) is 2. The van der Waals surface area contributed by atoms with Crippen molar-refractivity contribution in [1.82, 2.24) is 5.32 Å². The number of halogens is 1. The normalized spacial score (nSPS) is 14.5. The molecule has 0 heterocycles. The Labute approximate surface area is 171 Å². The molecule has 2 aromatic rings. The van der Waals surface area contributed by atoms with Crippen LogP contribution in [-0.2, 0) is 11.2 Å². The summed E-state index contributed by atoms with van der Waals surface area (Å²) in [5, 5.41) is 6.34. The van der Waals surface area contributed by atoms with Crippen molar-refractivity contribution in [3.05, 3.63) is 64.2 Å². The fourth-order valence-corrected chi connectivity index (χ4v) is 3.73. The van der Waals surface area contributed by atoms with Crippen LogP contribution >= 0.6 is 11.6 Å². The monoisotopic (exact) mass is 398 g/mol. The van der Waals surface area contributed by atoms with Crippen LogP contribution in [0.15, 0.2) is 42.5 Å². The minimum Gasteiger partial charge on any atom is -0.349 e. The van der Waals surface area contributed by atoms with Crippen LogP contribution in [0.25, 0.3) is 0 Å². The summed E-state index contributed by atoms with van der Waals surface area (Å²) in [6.07, 6.45) is 6.62. The van der Waals surface area contributed by atoms with Crippen LogP contribution in [0, 0.1) is 6.92 Å². The summed E-state index contributed by atoms with van der Waals surface area (Å²) in [5.41, 5.74) is 3.33. The van der Waals surface area contributed by atoms with Gasteiger partial charge in [0.25, 0.3) is 5.91 Å². The highest BCUT2D eigenvalue weighted by atomic mass is 35.5. The molecule has 0 aromatic heterocycles. The summed E-state index contributed by atoms with van der Waals surface area (Å²) in [4.78, 5) is 24.9. The fraction of sp³-hybridized carbons (Fsp3) is 0.391. The number of anilines is 1. The molecule has 28 heavy (non-hydrogen) atoms. The molecule has 0 radical (unpaired) electrons. The maximum atomic E-state index is 12.6. The molecule has 2 amide bonds. The summed E-state index contributed by atoms with van der Waals surface area (Å²) in [6, 6.07) is 13.4. The number of amides is 2. The molecular formula is C23H27ClN2O2. The van der Waals surface area contributed by atoms with Crippen LogP contribution in [-0.4, -0.2) is 17.9 Å². The van der Waals surface area contributed by atoms with Crippen LogP contribution in [0.5, 0.6) is 0 Å². The van der Waals surface area contributed by atoms with Crippen molar-refractivity contribution in [1.29, 1.82) is 0 Å². The lowest BCUT2D eigenvalue weighted by Gasteiger charge is -2.23. The molecule has 0 saturated heterocycles. The Morgan fingerprint density at radius 1 is 1.04 bits per heavy atom. The number of hydrogen-bond donors (Lipinski definition) is 2. The summed E-state index contributed by atoms with van der Waals surface area (Å²) in [7, 11) is 0. The number of rotatable bonds is 6. The van der Waals surface area contributed by atoms with Crippen LogP contribution in [0.4, 0.5) is 5.69 Å². The molecule has 4 nitrogen and oxygen atoms in total. The van der Waals surface area contributed by atoms with Gasteiger partial charge in [-0.15, -0.1) is 0 Å². The van der Waals surface area contributed by atoms with Crippen molar-refractivity contribution in [2.24, 2.45) is 0 Å². The van der Waals surface area contributed by atoms with Gasteiger partial charge < -0.3 is 10.6 Å². The van der Waals surface area contributed by atoms with Gasteiger partial charge in [0.05, 0.1) is 10.6 Å². The standard InChI is InChI=1S/C23H27ClN2O2/c1-16-7-9-17(10-8-16)11-14-22(27)25-19-12-13-21(24)20(15-19)23(28)26-18-5-3-2-4-6-18/h7-10,12-13,15,18H,2-6,11,14H2,1H3,(H,25,27)(H,26,28). The second-order valence-corrected chi connectivity index (χ2v) is 7.94. The smallest absolute Gasteiger partial charge is 0.253 e. The molecule has 2 aromatic carbocycles. The second-order valence-electron chi connectivity index (χ2n) is 7.54. The Morgan fingerprint density at radius 3 is 2.46 bits per heavy atom. The molecule has 5 heteroatoms. The van der Waals surface area contributed by atoms with Gasteiger partial charge in [-0.05, 0) is 49.9 Å². The number of carbonyl (C=O) groups excluding carboxylic acids is 2. The minimum atomic E-state index is -0.173. The number of aryl methyl sites for hydroxylation is 2. The zero-order chi connectivity index (χ0) is 19.9. The topological polar surface area (TPSA) is 58.2 Å². The first kappa shape index (κ1) is 20.4. The quantitative estimate of drug-likeness (QED) is 0.695.